The number of carbonyl (C=O) groups excluding carboxylic acids is 1. The lowest BCUT2D eigenvalue weighted by Crippen LogP contribution is -2.40. The standard InChI is InChI=1S/C21H25ClN2O3/c1-26-18-8-3-15(13-19(18)27-2)9-12-23-20(25)24-14-21(10-11-21)16-4-6-17(22)7-5-16/h3-8,13H,9-12,14H2,1-2H3,(H2,23,24,25). The molecule has 0 heterocycles. The fourth-order valence-corrected chi connectivity index (χ4v) is 3.32. The molecule has 0 unspecified atom stereocenters. The fraction of sp³-hybridized carbons (Fsp3) is 0.381. The molecule has 0 aromatic heterocycles. The van der Waals surface area contributed by atoms with Gasteiger partial charge in [0.2, 0.25) is 0 Å². The van der Waals surface area contributed by atoms with Crippen LogP contribution >= 0.6 is 11.6 Å². The van der Waals surface area contributed by atoms with Gasteiger partial charge in [-0.05, 0) is 54.7 Å². The fourth-order valence-electron chi connectivity index (χ4n) is 3.19. The summed E-state index contributed by atoms with van der Waals surface area (Å²) in [5, 5.41) is 6.64. The van der Waals surface area contributed by atoms with Crippen LogP contribution in [0.3, 0.4) is 0 Å². The molecule has 27 heavy (non-hydrogen) atoms. The first-order valence-corrected chi connectivity index (χ1v) is 9.43. The Kier molecular flexibility index (Phi) is 6.11. The van der Waals surface area contributed by atoms with Crippen LogP contribution in [0.15, 0.2) is 42.5 Å². The van der Waals surface area contributed by atoms with E-state index in [2.05, 4.69) is 10.6 Å². The van der Waals surface area contributed by atoms with Gasteiger partial charge in [-0.25, -0.2) is 4.79 Å². The Morgan fingerprint density at radius 3 is 2.37 bits per heavy atom. The van der Waals surface area contributed by atoms with Crippen molar-refractivity contribution in [3.63, 3.8) is 0 Å². The van der Waals surface area contributed by atoms with Crippen molar-refractivity contribution >= 4 is 17.6 Å². The van der Waals surface area contributed by atoms with Gasteiger partial charge in [-0.1, -0.05) is 29.8 Å². The van der Waals surface area contributed by atoms with Gasteiger partial charge in [0.25, 0.3) is 0 Å². The van der Waals surface area contributed by atoms with E-state index in [1.807, 2.05) is 42.5 Å². The highest BCUT2D eigenvalue weighted by Crippen LogP contribution is 2.47. The lowest BCUT2D eigenvalue weighted by atomic mass is 9.96. The highest BCUT2D eigenvalue weighted by atomic mass is 35.5. The number of urea groups is 1. The molecule has 0 radical (unpaired) electrons. The predicted molar refractivity (Wildman–Crippen MR) is 107 cm³/mol. The summed E-state index contributed by atoms with van der Waals surface area (Å²) in [5.74, 6) is 1.39. The minimum atomic E-state index is -0.143. The summed E-state index contributed by atoms with van der Waals surface area (Å²) >= 11 is 5.96. The van der Waals surface area contributed by atoms with E-state index in [9.17, 15) is 4.79 Å². The van der Waals surface area contributed by atoms with Gasteiger partial charge >= 0.3 is 6.03 Å². The molecule has 2 aromatic carbocycles. The van der Waals surface area contributed by atoms with Gasteiger partial charge in [-0.2, -0.15) is 0 Å². The third-order valence-corrected chi connectivity index (χ3v) is 5.30. The van der Waals surface area contributed by atoms with Crippen molar-refractivity contribution in [3.05, 3.63) is 58.6 Å². The van der Waals surface area contributed by atoms with Gasteiger partial charge in [0.05, 0.1) is 14.2 Å². The molecule has 0 saturated heterocycles. The summed E-state index contributed by atoms with van der Waals surface area (Å²) in [4.78, 5) is 12.1. The third-order valence-electron chi connectivity index (χ3n) is 5.04. The van der Waals surface area contributed by atoms with Crippen LogP contribution in [-0.4, -0.2) is 33.3 Å². The van der Waals surface area contributed by atoms with Crippen molar-refractivity contribution in [3.8, 4) is 11.5 Å². The number of hydrogen-bond acceptors (Lipinski definition) is 3. The normalized spacial score (nSPS) is 14.3. The third kappa shape index (κ3) is 4.86. The number of ether oxygens (including phenoxy) is 2. The number of carbonyl (C=O) groups is 1. The molecule has 0 atom stereocenters. The van der Waals surface area contributed by atoms with E-state index < -0.39 is 0 Å². The first-order chi connectivity index (χ1) is 13.1. The monoisotopic (exact) mass is 388 g/mol. The summed E-state index contributed by atoms with van der Waals surface area (Å²) in [6.45, 7) is 1.19. The maximum Gasteiger partial charge on any atom is 0.314 e. The Morgan fingerprint density at radius 2 is 1.74 bits per heavy atom. The van der Waals surface area contributed by atoms with Gasteiger partial charge in [-0.3, -0.25) is 0 Å². The molecule has 1 fully saturated rings. The Morgan fingerprint density at radius 1 is 1.04 bits per heavy atom. The predicted octanol–water partition coefficient (Wildman–Crippen LogP) is 3.93. The average Bonchev–Trinajstić information content (AvgIpc) is 3.48. The molecule has 5 nitrogen and oxygen atoms in total. The summed E-state index contributed by atoms with van der Waals surface area (Å²) in [5.41, 5.74) is 2.37. The summed E-state index contributed by atoms with van der Waals surface area (Å²) in [6.07, 6.45) is 2.89. The largest absolute Gasteiger partial charge is 0.493 e. The van der Waals surface area contributed by atoms with Crippen molar-refractivity contribution in [2.24, 2.45) is 0 Å². The van der Waals surface area contributed by atoms with Gasteiger partial charge < -0.3 is 20.1 Å². The number of hydrogen-bond donors (Lipinski definition) is 2. The summed E-state index contributed by atoms with van der Waals surface area (Å²) in [6, 6.07) is 13.5. The van der Waals surface area contributed by atoms with Crippen LogP contribution in [0.25, 0.3) is 0 Å². The zero-order chi connectivity index (χ0) is 19.3. The molecule has 2 amide bonds. The van der Waals surface area contributed by atoms with Gasteiger partial charge in [0.15, 0.2) is 11.5 Å². The quantitative estimate of drug-likeness (QED) is 0.720. The molecule has 0 aliphatic heterocycles. The van der Waals surface area contributed by atoms with Crippen molar-refractivity contribution in [2.45, 2.75) is 24.7 Å². The molecule has 144 valence electrons. The van der Waals surface area contributed by atoms with E-state index in [0.717, 1.165) is 29.8 Å². The second kappa shape index (κ2) is 8.53. The number of halogens is 1. The molecule has 3 rings (SSSR count). The zero-order valence-electron chi connectivity index (χ0n) is 15.7. The molecule has 2 N–H and O–H groups in total. The number of benzene rings is 2. The second-order valence-corrected chi connectivity index (χ2v) is 7.27. The maximum atomic E-state index is 12.1. The van der Waals surface area contributed by atoms with E-state index in [4.69, 9.17) is 21.1 Å². The maximum absolute atomic E-state index is 12.1. The Bertz CT molecular complexity index is 789. The average molecular weight is 389 g/mol. The second-order valence-electron chi connectivity index (χ2n) is 6.84. The van der Waals surface area contributed by atoms with E-state index in [-0.39, 0.29) is 11.4 Å². The van der Waals surface area contributed by atoms with Crippen molar-refractivity contribution in [1.29, 1.82) is 0 Å². The smallest absolute Gasteiger partial charge is 0.314 e. The molecule has 6 heteroatoms. The molecule has 1 aliphatic carbocycles. The van der Waals surface area contributed by atoms with Crippen LogP contribution in [0.1, 0.15) is 24.0 Å². The molecular weight excluding hydrogens is 364 g/mol. The Hall–Kier alpha value is -2.40. The van der Waals surface area contributed by atoms with Gasteiger partial charge in [-0.15, -0.1) is 0 Å². The highest BCUT2D eigenvalue weighted by Gasteiger charge is 2.44. The molecule has 1 aliphatic rings. The number of rotatable bonds is 8. The van der Waals surface area contributed by atoms with Crippen molar-refractivity contribution in [1.82, 2.24) is 10.6 Å². The lowest BCUT2D eigenvalue weighted by Gasteiger charge is -2.17. The Labute approximate surface area is 165 Å². The van der Waals surface area contributed by atoms with E-state index in [0.29, 0.717) is 24.6 Å². The molecular formula is C21H25ClN2O3. The van der Waals surface area contributed by atoms with Crippen LogP contribution in [0.4, 0.5) is 4.79 Å². The van der Waals surface area contributed by atoms with E-state index in [1.165, 1.54) is 5.56 Å². The van der Waals surface area contributed by atoms with Crippen LogP contribution < -0.4 is 20.1 Å². The van der Waals surface area contributed by atoms with Crippen LogP contribution in [-0.2, 0) is 11.8 Å². The molecule has 0 spiro atoms. The number of methoxy groups -OCH3 is 2. The first kappa shape index (κ1) is 19.4. The van der Waals surface area contributed by atoms with E-state index in [1.54, 1.807) is 14.2 Å². The highest BCUT2D eigenvalue weighted by molar-refractivity contribution is 6.30. The SMILES string of the molecule is COc1ccc(CCNC(=O)NCC2(c3ccc(Cl)cc3)CC2)cc1OC. The number of amides is 2. The summed E-state index contributed by atoms with van der Waals surface area (Å²) < 4.78 is 10.5. The van der Waals surface area contributed by atoms with Crippen LogP contribution in [0.5, 0.6) is 11.5 Å². The van der Waals surface area contributed by atoms with Crippen LogP contribution in [0, 0.1) is 0 Å². The summed E-state index contributed by atoms with van der Waals surface area (Å²) in [7, 11) is 3.22. The van der Waals surface area contributed by atoms with Crippen molar-refractivity contribution in [2.75, 3.05) is 27.3 Å². The van der Waals surface area contributed by atoms with Gasteiger partial charge in [0.1, 0.15) is 0 Å². The van der Waals surface area contributed by atoms with E-state index >= 15 is 0 Å². The zero-order valence-corrected chi connectivity index (χ0v) is 16.4. The van der Waals surface area contributed by atoms with Gasteiger partial charge in [0, 0.05) is 23.5 Å². The minimum absolute atomic E-state index is 0.0608. The Balaban J connectivity index is 1.44. The van der Waals surface area contributed by atoms with Crippen molar-refractivity contribution < 1.29 is 14.3 Å². The topological polar surface area (TPSA) is 59.6 Å². The molecule has 0 bridgehead atoms. The lowest BCUT2D eigenvalue weighted by molar-refractivity contribution is 0.240. The number of nitrogens with one attached hydrogen (secondary N) is 2. The molecule has 2 aromatic rings. The van der Waals surface area contributed by atoms with Crippen LogP contribution in [0.2, 0.25) is 5.02 Å². The first-order valence-electron chi connectivity index (χ1n) is 9.05. The molecule has 1 saturated carbocycles. The minimum Gasteiger partial charge on any atom is -0.493 e.